The molecular weight excluding hydrogens is 412 g/mol. The van der Waals surface area contributed by atoms with Gasteiger partial charge in [0, 0.05) is 26.5 Å². The molecule has 2 aromatic rings. The number of hydrogen-bond acceptors (Lipinski definition) is 8. The lowest BCUT2D eigenvalue weighted by atomic mass is 10.2. The van der Waals surface area contributed by atoms with Crippen molar-refractivity contribution in [2.45, 2.75) is 13.3 Å². The summed E-state index contributed by atoms with van der Waals surface area (Å²) in [5.41, 5.74) is 1.38. The molecule has 0 spiro atoms. The van der Waals surface area contributed by atoms with Gasteiger partial charge in [-0.15, -0.1) is 0 Å². The molecule has 1 amide bonds. The average Bonchev–Trinajstić information content (AvgIpc) is 2.97. The first-order valence-electron chi connectivity index (χ1n) is 9.09. The summed E-state index contributed by atoms with van der Waals surface area (Å²) in [4.78, 5) is 32.3. The molecule has 1 aliphatic heterocycles. The summed E-state index contributed by atoms with van der Waals surface area (Å²) in [6, 6.07) is 3.65. The van der Waals surface area contributed by atoms with E-state index in [9.17, 15) is 9.59 Å². The topological polar surface area (TPSA) is 96.2 Å². The number of fused-ring (bicyclic) bond motifs is 1. The largest absolute Gasteiger partial charge is 0.396 e. The molecule has 10 heteroatoms. The number of aliphatic hydroxyl groups excluding tert-OH is 1. The van der Waals surface area contributed by atoms with Crippen molar-refractivity contribution < 1.29 is 14.6 Å². The Balaban J connectivity index is 2.07. The van der Waals surface area contributed by atoms with Crippen molar-refractivity contribution in [3.05, 3.63) is 44.7 Å². The third kappa shape index (κ3) is 4.50. The van der Waals surface area contributed by atoms with Gasteiger partial charge in [0.2, 0.25) is 0 Å². The number of amides is 1. The number of ether oxygens (including phenoxy) is 1. The van der Waals surface area contributed by atoms with Crippen molar-refractivity contribution in [1.29, 1.82) is 0 Å². The number of pyridine rings is 1. The van der Waals surface area contributed by atoms with Crippen LogP contribution in [-0.2, 0) is 9.53 Å². The molecule has 0 aromatic carbocycles. The molecule has 0 aliphatic carbocycles. The van der Waals surface area contributed by atoms with Gasteiger partial charge in [-0.3, -0.25) is 18.9 Å². The molecule has 1 saturated heterocycles. The second kappa shape index (κ2) is 9.49. The van der Waals surface area contributed by atoms with Gasteiger partial charge in [-0.2, -0.15) is 0 Å². The summed E-state index contributed by atoms with van der Waals surface area (Å²) in [5.74, 6) is 0.118. The van der Waals surface area contributed by atoms with Gasteiger partial charge in [0.15, 0.2) is 0 Å². The highest BCUT2D eigenvalue weighted by molar-refractivity contribution is 8.26. The van der Waals surface area contributed by atoms with Gasteiger partial charge in [-0.25, -0.2) is 4.98 Å². The Bertz CT molecular complexity index is 1030. The Morgan fingerprint density at radius 2 is 2.21 bits per heavy atom. The molecule has 154 valence electrons. The summed E-state index contributed by atoms with van der Waals surface area (Å²) in [7, 11) is 1.56. The Morgan fingerprint density at radius 3 is 2.93 bits per heavy atom. The minimum Gasteiger partial charge on any atom is -0.396 e. The predicted octanol–water partition coefficient (Wildman–Crippen LogP) is 1.64. The van der Waals surface area contributed by atoms with Gasteiger partial charge in [0.05, 0.1) is 23.6 Å². The number of aromatic nitrogens is 2. The van der Waals surface area contributed by atoms with Crippen molar-refractivity contribution >= 4 is 51.7 Å². The number of carbonyl (C=O) groups is 1. The molecule has 0 unspecified atom stereocenters. The first-order chi connectivity index (χ1) is 14.0. The number of rotatable bonds is 8. The van der Waals surface area contributed by atoms with E-state index < -0.39 is 0 Å². The van der Waals surface area contributed by atoms with Crippen molar-refractivity contribution in [3.63, 3.8) is 0 Å². The van der Waals surface area contributed by atoms with Crippen LogP contribution in [0, 0.1) is 6.92 Å². The van der Waals surface area contributed by atoms with Gasteiger partial charge in [0.25, 0.3) is 11.5 Å². The van der Waals surface area contributed by atoms with Crippen molar-refractivity contribution in [1.82, 2.24) is 14.3 Å². The Labute approximate surface area is 177 Å². The normalized spacial score (nSPS) is 15.7. The molecule has 2 aromatic heterocycles. The van der Waals surface area contributed by atoms with E-state index in [1.807, 2.05) is 13.0 Å². The molecule has 1 aliphatic rings. The van der Waals surface area contributed by atoms with Crippen molar-refractivity contribution in [2.75, 3.05) is 38.7 Å². The Morgan fingerprint density at radius 1 is 1.41 bits per heavy atom. The lowest BCUT2D eigenvalue weighted by Crippen LogP contribution is -2.31. The van der Waals surface area contributed by atoms with Crippen LogP contribution in [-0.4, -0.2) is 63.0 Å². The average molecular weight is 435 g/mol. The number of carbonyl (C=O) groups excluding carboxylic acids is 1. The number of thiocarbonyl (C=S) groups is 1. The summed E-state index contributed by atoms with van der Waals surface area (Å²) in [6.45, 7) is 3.06. The molecule has 2 N–H and O–H groups in total. The molecule has 1 fully saturated rings. The van der Waals surface area contributed by atoms with E-state index in [-0.39, 0.29) is 23.6 Å². The van der Waals surface area contributed by atoms with Crippen LogP contribution >= 0.6 is 24.0 Å². The highest BCUT2D eigenvalue weighted by Crippen LogP contribution is 2.32. The lowest BCUT2D eigenvalue weighted by molar-refractivity contribution is -0.122. The number of anilines is 1. The summed E-state index contributed by atoms with van der Waals surface area (Å²) in [5, 5.41) is 12.2. The maximum absolute atomic E-state index is 13.2. The Kier molecular flexibility index (Phi) is 7.01. The van der Waals surface area contributed by atoms with Crippen LogP contribution in [0.4, 0.5) is 5.82 Å². The van der Waals surface area contributed by atoms with Crippen LogP contribution in [0.2, 0.25) is 0 Å². The molecule has 8 nitrogen and oxygen atoms in total. The predicted molar refractivity (Wildman–Crippen MR) is 118 cm³/mol. The van der Waals surface area contributed by atoms with Crippen molar-refractivity contribution in [3.8, 4) is 0 Å². The maximum atomic E-state index is 13.2. The van der Waals surface area contributed by atoms with E-state index in [1.165, 1.54) is 15.4 Å². The standard InChI is InChI=1S/C19H22N4O4S2/c1-12-5-3-7-22-16(12)21-15(20-6-4-9-24)13(17(22)25)11-14-18(26)23(8-10-27-2)19(28)29-14/h3,5,7,11,20,24H,4,6,8-10H2,1-2H3/b14-11-. The molecule has 3 rings (SSSR count). The minimum atomic E-state index is -0.285. The number of hydrogen-bond donors (Lipinski definition) is 2. The van der Waals surface area contributed by atoms with E-state index in [1.54, 1.807) is 19.4 Å². The quantitative estimate of drug-likeness (QED) is 0.368. The SMILES string of the molecule is COCCN1C(=O)/C(=C/c2c(NCCCO)nc3c(C)cccn3c2=O)SC1=S. The number of aliphatic hydroxyl groups is 1. The zero-order valence-electron chi connectivity index (χ0n) is 16.2. The molecule has 0 radical (unpaired) electrons. The van der Waals surface area contributed by atoms with Crippen LogP contribution in [0.1, 0.15) is 17.5 Å². The van der Waals surface area contributed by atoms with Crippen LogP contribution in [0.15, 0.2) is 28.0 Å². The third-order valence-electron chi connectivity index (χ3n) is 4.38. The van der Waals surface area contributed by atoms with Crippen LogP contribution in [0.25, 0.3) is 11.7 Å². The molecule has 29 heavy (non-hydrogen) atoms. The maximum Gasteiger partial charge on any atom is 0.267 e. The van der Waals surface area contributed by atoms with Gasteiger partial charge in [0.1, 0.15) is 15.8 Å². The lowest BCUT2D eigenvalue weighted by Gasteiger charge is -2.13. The second-order valence-electron chi connectivity index (χ2n) is 6.39. The smallest absolute Gasteiger partial charge is 0.267 e. The molecule has 0 bridgehead atoms. The number of aryl methyl sites for hydroxylation is 1. The fourth-order valence-electron chi connectivity index (χ4n) is 2.87. The highest BCUT2D eigenvalue weighted by Gasteiger charge is 2.32. The summed E-state index contributed by atoms with van der Waals surface area (Å²) in [6.07, 6.45) is 3.70. The number of methoxy groups -OCH3 is 1. The molecule has 0 saturated carbocycles. The van der Waals surface area contributed by atoms with Crippen LogP contribution in [0.3, 0.4) is 0 Å². The van der Waals surface area contributed by atoms with Gasteiger partial charge in [-0.1, -0.05) is 30.0 Å². The van der Waals surface area contributed by atoms with Gasteiger partial charge >= 0.3 is 0 Å². The zero-order valence-corrected chi connectivity index (χ0v) is 17.8. The monoisotopic (exact) mass is 434 g/mol. The van der Waals surface area contributed by atoms with E-state index >= 15 is 0 Å². The van der Waals surface area contributed by atoms with E-state index in [2.05, 4.69) is 10.3 Å². The molecule has 0 atom stereocenters. The molecule has 3 heterocycles. The fraction of sp³-hybridized carbons (Fsp3) is 0.368. The van der Waals surface area contributed by atoms with Crippen LogP contribution in [0.5, 0.6) is 0 Å². The Hall–Kier alpha value is -2.27. The summed E-state index contributed by atoms with van der Waals surface area (Å²) < 4.78 is 6.92. The highest BCUT2D eigenvalue weighted by atomic mass is 32.2. The van der Waals surface area contributed by atoms with Crippen molar-refractivity contribution in [2.24, 2.45) is 0 Å². The molecular formula is C19H22N4O4S2. The first-order valence-corrected chi connectivity index (χ1v) is 10.3. The number of nitrogens with one attached hydrogen (secondary N) is 1. The van der Waals surface area contributed by atoms with Crippen LogP contribution < -0.4 is 10.9 Å². The number of thioether (sulfide) groups is 1. The second-order valence-corrected chi connectivity index (χ2v) is 8.07. The van der Waals surface area contributed by atoms with Gasteiger partial charge < -0.3 is 15.2 Å². The summed E-state index contributed by atoms with van der Waals surface area (Å²) >= 11 is 6.45. The van der Waals surface area contributed by atoms with E-state index in [0.717, 1.165) is 17.3 Å². The third-order valence-corrected chi connectivity index (χ3v) is 5.76. The minimum absolute atomic E-state index is 0.0199. The zero-order chi connectivity index (χ0) is 21.0. The number of nitrogens with zero attached hydrogens (tertiary/aromatic N) is 3. The van der Waals surface area contributed by atoms with Gasteiger partial charge in [-0.05, 0) is 31.1 Å². The first kappa shape index (κ1) is 21.4. The fourth-order valence-corrected chi connectivity index (χ4v) is 4.16. The van der Waals surface area contributed by atoms with E-state index in [4.69, 9.17) is 22.1 Å². The van der Waals surface area contributed by atoms with E-state index in [0.29, 0.717) is 46.8 Å².